The number of aryl methyl sites for hydroxylation is 1. The van der Waals surface area contributed by atoms with Gasteiger partial charge in [-0.1, -0.05) is 29.8 Å². The van der Waals surface area contributed by atoms with Crippen LogP contribution in [0.2, 0.25) is 0 Å². The lowest BCUT2D eigenvalue weighted by Crippen LogP contribution is -2.45. The average molecular weight is 490 g/mol. The van der Waals surface area contributed by atoms with E-state index in [9.17, 15) is 18.0 Å². The van der Waals surface area contributed by atoms with Crippen LogP contribution in [0, 0.1) is 18.3 Å². The molecule has 0 saturated carbocycles. The number of amides is 2. The molecule has 0 aliphatic carbocycles. The molecule has 4 rings (SSSR count). The van der Waals surface area contributed by atoms with Crippen LogP contribution in [0.1, 0.15) is 23.1 Å². The van der Waals surface area contributed by atoms with Gasteiger partial charge >= 0.3 is 0 Å². The van der Waals surface area contributed by atoms with Crippen molar-refractivity contribution in [1.82, 2.24) is 4.31 Å². The highest BCUT2D eigenvalue weighted by atomic mass is 32.2. The van der Waals surface area contributed by atoms with Crippen LogP contribution in [0.5, 0.6) is 5.75 Å². The van der Waals surface area contributed by atoms with E-state index in [1.807, 2.05) is 25.1 Å². The van der Waals surface area contributed by atoms with Crippen molar-refractivity contribution < 1.29 is 22.7 Å². The molecule has 0 aromatic heterocycles. The summed E-state index contributed by atoms with van der Waals surface area (Å²) in [6.45, 7) is 1.84. The Hall–Kier alpha value is -4.00. The highest BCUT2D eigenvalue weighted by Crippen LogP contribution is 2.31. The number of benzene rings is 3. The number of nitriles is 1. The molecule has 3 aromatic carbocycles. The standard InChI is InChI=1S/C26H23N3O5S/c1-18-3-5-20(6-4-18)17-28(35(32,33)23-13-11-22(34-2)12-14-23)24-15-25(30)29(26(24)31)21-9-7-19(16-27)8-10-21/h3-14,24H,15,17H2,1-2H3. The molecule has 1 atom stereocenters. The summed E-state index contributed by atoms with van der Waals surface area (Å²) in [5.41, 5.74) is 2.37. The lowest BCUT2D eigenvalue weighted by atomic mass is 10.1. The van der Waals surface area contributed by atoms with Gasteiger partial charge in [0, 0.05) is 6.54 Å². The SMILES string of the molecule is COc1ccc(S(=O)(=O)N(Cc2ccc(C)cc2)C2CC(=O)N(c3ccc(C#N)cc3)C2=O)cc1. The van der Waals surface area contributed by atoms with Crippen LogP contribution in [0.25, 0.3) is 0 Å². The van der Waals surface area contributed by atoms with Gasteiger partial charge in [-0.2, -0.15) is 9.57 Å². The largest absolute Gasteiger partial charge is 0.497 e. The van der Waals surface area contributed by atoms with Gasteiger partial charge in [-0.15, -0.1) is 0 Å². The number of nitrogens with zero attached hydrogens (tertiary/aromatic N) is 3. The zero-order valence-corrected chi connectivity index (χ0v) is 20.0. The molecule has 1 aliphatic heterocycles. The Labute approximate surface area is 204 Å². The minimum absolute atomic E-state index is 0.0116. The molecule has 1 heterocycles. The lowest BCUT2D eigenvalue weighted by Gasteiger charge is -2.27. The topological polar surface area (TPSA) is 108 Å². The first-order valence-corrected chi connectivity index (χ1v) is 12.3. The second-order valence-corrected chi connectivity index (χ2v) is 10.0. The molecule has 1 saturated heterocycles. The van der Waals surface area contributed by atoms with Crippen molar-refractivity contribution >= 4 is 27.5 Å². The number of carbonyl (C=O) groups is 2. The number of hydrogen-bond acceptors (Lipinski definition) is 6. The van der Waals surface area contributed by atoms with Gasteiger partial charge in [0.2, 0.25) is 15.9 Å². The monoisotopic (exact) mass is 489 g/mol. The highest BCUT2D eigenvalue weighted by Gasteiger charge is 2.47. The van der Waals surface area contributed by atoms with E-state index in [0.717, 1.165) is 14.8 Å². The van der Waals surface area contributed by atoms with E-state index in [-0.39, 0.29) is 17.9 Å². The molecule has 0 spiro atoms. The molecule has 1 aliphatic rings. The molecule has 35 heavy (non-hydrogen) atoms. The maximum atomic E-state index is 13.7. The molecule has 8 nitrogen and oxygen atoms in total. The summed E-state index contributed by atoms with van der Waals surface area (Å²) in [5, 5.41) is 9.02. The van der Waals surface area contributed by atoms with Gasteiger partial charge in [-0.25, -0.2) is 13.3 Å². The molecule has 0 bridgehead atoms. The summed E-state index contributed by atoms with van der Waals surface area (Å²) >= 11 is 0. The third-order valence-electron chi connectivity index (χ3n) is 5.85. The molecular weight excluding hydrogens is 466 g/mol. The Morgan fingerprint density at radius 3 is 2.20 bits per heavy atom. The Bertz CT molecular complexity index is 1390. The van der Waals surface area contributed by atoms with Gasteiger partial charge < -0.3 is 4.74 Å². The number of ether oxygens (including phenoxy) is 1. The van der Waals surface area contributed by atoms with Crippen molar-refractivity contribution in [2.75, 3.05) is 12.0 Å². The van der Waals surface area contributed by atoms with Crippen LogP contribution >= 0.6 is 0 Å². The van der Waals surface area contributed by atoms with Gasteiger partial charge in [0.1, 0.15) is 11.8 Å². The zero-order valence-electron chi connectivity index (χ0n) is 19.2. The summed E-state index contributed by atoms with van der Waals surface area (Å²) in [7, 11) is -2.68. The van der Waals surface area contributed by atoms with Crippen molar-refractivity contribution in [3.8, 4) is 11.8 Å². The Morgan fingerprint density at radius 1 is 1.00 bits per heavy atom. The van der Waals surface area contributed by atoms with E-state index < -0.39 is 27.9 Å². The third-order valence-corrected chi connectivity index (χ3v) is 7.72. The first-order valence-electron chi connectivity index (χ1n) is 10.8. The van der Waals surface area contributed by atoms with Crippen molar-refractivity contribution in [3.63, 3.8) is 0 Å². The molecule has 1 fully saturated rings. The molecule has 178 valence electrons. The fraction of sp³-hybridized carbons (Fsp3) is 0.192. The molecular formula is C26H23N3O5S. The number of hydrogen-bond donors (Lipinski definition) is 0. The van der Waals surface area contributed by atoms with E-state index >= 15 is 0 Å². The van der Waals surface area contributed by atoms with E-state index in [4.69, 9.17) is 10.00 Å². The second-order valence-electron chi connectivity index (χ2n) is 8.16. The Kier molecular flexibility index (Phi) is 6.69. The zero-order chi connectivity index (χ0) is 25.2. The molecule has 0 N–H and O–H groups in total. The number of imide groups is 1. The van der Waals surface area contributed by atoms with Gasteiger partial charge in [-0.3, -0.25) is 9.59 Å². The third kappa shape index (κ3) is 4.80. The Morgan fingerprint density at radius 2 is 1.63 bits per heavy atom. The second kappa shape index (κ2) is 9.70. The minimum Gasteiger partial charge on any atom is -0.497 e. The molecule has 1 unspecified atom stereocenters. The van der Waals surface area contributed by atoms with Gasteiger partial charge in [0.05, 0.1) is 35.7 Å². The van der Waals surface area contributed by atoms with Gasteiger partial charge in [0.25, 0.3) is 5.91 Å². The first-order chi connectivity index (χ1) is 16.7. The maximum Gasteiger partial charge on any atom is 0.252 e. The normalized spacial score (nSPS) is 15.9. The maximum absolute atomic E-state index is 13.7. The smallest absolute Gasteiger partial charge is 0.252 e. The van der Waals surface area contributed by atoms with Crippen LogP contribution in [-0.2, 0) is 26.2 Å². The van der Waals surface area contributed by atoms with Crippen LogP contribution in [0.15, 0.2) is 77.7 Å². The molecule has 0 radical (unpaired) electrons. The van der Waals surface area contributed by atoms with Crippen LogP contribution < -0.4 is 9.64 Å². The van der Waals surface area contributed by atoms with Crippen molar-refractivity contribution in [3.05, 3.63) is 89.5 Å². The van der Waals surface area contributed by atoms with E-state index in [1.54, 1.807) is 12.1 Å². The molecule has 2 amide bonds. The van der Waals surface area contributed by atoms with E-state index in [1.165, 1.54) is 55.6 Å². The number of sulfonamides is 1. The number of methoxy groups -OCH3 is 1. The van der Waals surface area contributed by atoms with E-state index in [0.29, 0.717) is 22.6 Å². The van der Waals surface area contributed by atoms with Crippen LogP contribution in [0.3, 0.4) is 0 Å². The average Bonchev–Trinajstić information content (AvgIpc) is 3.16. The van der Waals surface area contributed by atoms with Crippen LogP contribution in [-0.4, -0.2) is 37.7 Å². The summed E-state index contributed by atoms with van der Waals surface area (Å²) in [5.74, 6) is -0.652. The predicted molar refractivity (Wildman–Crippen MR) is 129 cm³/mol. The summed E-state index contributed by atoms with van der Waals surface area (Å²) in [6.07, 6.45) is -0.292. The van der Waals surface area contributed by atoms with Gasteiger partial charge in [0.15, 0.2) is 0 Å². The molecule has 3 aromatic rings. The van der Waals surface area contributed by atoms with Gasteiger partial charge in [-0.05, 0) is 61.0 Å². The number of carbonyl (C=O) groups excluding carboxylic acids is 2. The quantitative estimate of drug-likeness (QED) is 0.471. The predicted octanol–water partition coefficient (Wildman–Crippen LogP) is 3.40. The van der Waals surface area contributed by atoms with E-state index in [2.05, 4.69) is 0 Å². The van der Waals surface area contributed by atoms with Crippen molar-refractivity contribution in [2.45, 2.75) is 30.8 Å². The number of anilines is 1. The summed E-state index contributed by atoms with van der Waals surface area (Å²) < 4.78 is 33.7. The minimum atomic E-state index is -4.16. The van der Waals surface area contributed by atoms with Crippen molar-refractivity contribution in [2.24, 2.45) is 0 Å². The summed E-state index contributed by atoms with van der Waals surface area (Å²) in [6, 6.07) is 20.0. The highest BCUT2D eigenvalue weighted by molar-refractivity contribution is 7.89. The Balaban J connectivity index is 1.73. The number of rotatable bonds is 7. The fourth-order valence-electron chi connectivity index (χ4n) is 3.92. The fourth-order valence-corrected chi connectivity index (χ4v) is 5.49. The van der Waals surface area contributed by atoms with Crippen LogP contribution in [0.4, 0.5) is 5.69 Å². The summed E-state index contributed by atoms with van der Waals surface area (Å²) in [4.78, 5) is 27.3. The van der Waals surface area contributed by atoms with Crippen molar-refractivity contribution in [1.29, 1.82) is 5.26 Å². The lowest BCUT2D eigenvalue weighted by molar-refractivity contribution is -0.122. The first kappa shape index (κ1) is 24.1. The molecule has 9 heteroatoms.